The van der Waals surface area contributed by atoms with Crippen LogP contribution >= 0.6 is 23.2 Å². The Balaban J connectivity index is 0.000000164. The van der Waals surface area contributed by atoms with Gasteiger partial charge < -0.3 is 30.8 Å². The first-order chi connectivity index (χ1) is 25.5. The minimum absolute atomic E-state index is 0.0652. The lowest BCUT2D eigenvalue weighted by Gasteiger charge is -2.27. The van der Waals surface area contributed by atoms with Gasteiger partial charge in [0.05, 0.1) is 34.3 Å². The van der Waals surface area contributed by atoms with E-state index in [1.807, 2.05) is 0 Å². The first-order valence-corrected chi connectivity index (χ1v) is 17.6. The van der Waals surface area contributed by atoms with Crippen molar-refractivity contribution in [3.05, 3.63) is 71.0 Å². The molecule has 0 spiro atoms. The Bertz CT molecular complexity index is 2320. The van der Waals surface area contributed by atoms with Crippen molar-refractivity contribution in [2.24, 2.45) is 11.8 Å². The number of fused-ring (bicyclic) bond motifs is 2. The van der Waals surface area contributed by atoms with Crippen LogP contribution in [0.25, 0.3) is 44.8 Å². The molecule has 274 valence electrons. The number of H-pyrrole nitrogens is 2. The molecule has 0 amide bonds. The van der Waals surface area contributed by atoms with Crippen molar-refractivity contribution < 1.29 is 28.6 Å². The third-order valence-electron chi connectivity index (χ3n) is 9.45. The monoisotopic (exact) mass is 764 g/mol. The standard InChI is InChI=1S/C18H17ClFN5O2.C17H15ClFN5O2/c19-10-5-12-13(7-22-15(12)21-6-10)16-23-8-14(20)17(25-16)24-11-3-1-2-9(4-11)18(26)27;18-9-4-11-12(6-21-14(11)20-5-9)15-22-7-13(19)16(24-15)23-10-2-1-8(3-10)17(25)26/h5-9,11H,1-4H2,(H,21,22)(H,26,27)(H,23,24,25);4-8,10H,1-3H2,(H,20,21)(H,25,26)(H,22,23,24)/t9-,11+;8?,10-/m11/s1. The largest absolute Gasteiger partial charge is 0.481 e. The van der Waals surface area contributed by atoms with Crippen LogP contribution in [0.5, 0.6) is 0 Å². The SMILES string of the molecule is O=C(O)C1CC[C@@H](Nc2nc(-c3c[nH]c4ncc(Cl)cc34)ncc2F)C1.O=C(O)[C@@H]1CCC[C@H](Nc2nc(-c3c[nH]c4ncc(Cl)cc34)ncc2F)C1. The van der Waals surface area contributed by atoms with Gasteiger partial charge in [-0.15, -0.1) is 0 Å². The van der Waals surface area contributed by atoms with Crippen LogP contribution in [0, 0.1) is 23.5 Å². The fraction of sp³-hybridized carbons (Fsp3) is 0.314. The molecule has 18 heteroatoms. The van der Waals surface area contributed by atoms with Crippen LogP contribution in [0.2, 0.25) is 10.0 Å². The van der Waals surface area contributed by atoms with Crippen LogP contribution in [0.15, 0.2) is 49.3 Å². The maximum absolute atomic E-state index is 14.3. The number of carboxylic acids is 2. The third-order valence-corrected chi connectivity index (χ3v) is 9.87. The van der Waals surface area contributed by atoms with Crippen LogP contribution in [-0.4, -0.2) is 74.1 Å². The molecule has 1 unspecified atom stereocenters. The number of nitrogens with one attached hydrogen (secondary N) is 4. The highest BCUT2D eigenvalue weighted by Crippen LogP contribution is 2.33. The second-order valence-corrected chi connectivity index (χ2v) is 13.9. The lowest BCUT2D eigenvalue weighted by Crippen LogP contribution is -2.31. The van der Waals surface area contributed by atoms with Crippen molar-refractivity contribution in [1.29, 1.82) is 0 Å². The first-order valence-electron chi connectivity index (χ1n) is 16.8. The Kier molecular flexibility index (Phi) is 10.3. The summed E-state index contributed by atoms with van der Waals surface area (Å²) in [5.74, 6) is -2.81. The molecular formula is C35H32Cl2F2N10O4. The lowest BCUT2D eigenvalue weighted by molar-refractivity contribution is -0.143. The van der Waals surface area contributed by atoms with E-state index in [9.17, 15) is 23.5 Å². The fourth-order valence-electron chi connectivity index (χ4n) is 6.79. The number of aliphatic carboxylic acids is 2. The van der Waals surface area contributed by atoms with E-state index in [0.29, 0.717) is 76.2 Å². The summed E-state index contributed by atoms with van der Waals surface area (Å²) in [7, 11) is 0. The third kappa shape index (κ3) is 7.98. The number of halogens is 4. The number of hydrogen-bond donors (Lipinski definition) is 6. The van der Waals surface area contributed by atoms with Crippen molar-refractivity contribution in [3.63, 3.8) is 0 Å². The van der Waals surface area contributed by atoms with Gasteiger partial charge in [0.25, 0.3) is 0 Å². The van der Waals surface area contributed by atoms with Gasteiger partial charge in [-0.3, -0.25) is 9.59 Å². The highest BCUT2D eigenvalue weighted by Gasteiger charge is 2.31. The summed E-state index contributed by atoms with van der Waals surface area (Å²) in [5.41, 5.74) is 2.59. The normalized spacial score (nSPS) is 19.8. The number of aromatic nitrogens is 8. The molecule has 53 heavy (non-hydrogen) atoms. The molecule has 14 nitrogen and oxygen atoms in total. The Morgan fingerprint density at radius 1 is 0.679 bits per heavy atom. The highest BCUT2D eigenvalue weighted by molar-refractivity contribution is 6.31. The number of rotatable bonds is 8. The fourth-order valence-corrected chi connectivity index (χ4v) is 7.11. The predicted octanol–water partition coefficient (Wildman–Crippen LogP) is 7.35. The topological polar surface area (TPSA) is 208 Å². The molecule has 0 aliphatic heterocycles. The van der Waals surface area contributed by atoms with Gasteiger partial charge in [0.2, 0.25) is 0 Å². The van der Waals surface area contributed by atoms with Crippen molar-refractivity contribution in [1.82, 2.24) is 39.9 Å². The Labute approximate surface area is 309 Å². The molecule has 6 aromatic heterocycles. The van der Waals surface area contributed by atoms with Gasteiger partial charge in [0.15, 0.2) is 34.9 Å². The van der Waals surface area contributed by atoms with Crippen molar-refractivity contribution in [2.75, 3.05) is 10.6 Å². The second-order valence-electron chi connectivity index (χ2n) is 13.0. The summed E-state index contributed by atoms with van der Waals surface area (Å²) < 4.78 is 28.4. The molecule has 0 radical (unpaired) electrons. The molecule has 8 rings (SSSR count). The van der Waals surface area contributed by atoms with E-state index in [0.717, 1.165) is 36.0 Å². The van der Waals surface area contributed by atoms with E-state index in [1.54, 1.807) is 24.5 Å². The van der Waals surface area contributed by atoms with Gasteiger partial charge in [-0.2, -0.15) is 0 Å². The van der Waals surface area contributed by atoms with Crippen LogP contribution < -0.4 is 10.6 Å². The summed E-state index contributed by atoms with van der Waals surface area (Å²) >= 11 is 12.0. The predicted molar refractivity (Wildman–Crippen MR) is 194 cm³/mol. The van der Waals surface area contributed by atoms with Crippen LogP contribution in [0.3, 0.4) is 0 Å². The number of hydrogen-bond acceptors (Lipinski definition) is 10. The van der Waals surface area contributed by atoms with Gasteiger partial charge in [-0.1, -0.05) is 29.6 Å². The van der Waals surface area contributed by atoms with Crippen LogP contribution in [0.4, 0.5) is 20.4 Å². The summed E-state index contributed by atoms with van der Waals surface area (Å²) in [6, 6.07) is 3.21. The maximum Gasteiger partial charge on any atom is 0.306 e. The van der Waals surface area contributed by atoms with Crippen LogP contribution in [-0.2, 0) is 9.59 Å². The zero-order valence-corrected chi connectivity index (χ0v) is 29.3. The molecule has 6 heterocycles. The average molecular weight is 766 g/mol. The summed E-state index contributed by atoms with van der Waals surface area (Å²) in [4.78, 5) is 53.5. The zero-order valence-electron chi connectivity index (χ0n) is 27.8. The minimum atomic E-state index is -0.818. The maximum atomic E-state index is 14.3. The summed E-state index contributed by atoms with van der Waals surface area (Å²) in [6.45, 7) is 0. The van der Waals surface area contributed by atoms with Gasteiger partial charge in [-0.25, -0.2) is 38.7 Å². The smallest absolute Gasteiger partial charge is 0.306 e. The van der Waals surface area contributed by atoms with E-state index in [2.05, 4.69) is 50.5 Å². The van der Waals surface area contributed by atoms with Crippen molar-refractivity contribution >= 4 is 68.8 Å². The summed E-state index contributed by atoms with van der Waals surface area (Å²) in [5, 5.41) is 26.8. The van der Waals surface area contributed by atoms with Crippen molar-refractivity contribution in [2.45, 2.75) is 57.0 Å². The van der Waals surface area contributed by atoms with Crippen molar-refractivity contribution in [3.8, 4) is 22.8 Å². The molecule has 2 fully saturated rings. The molecule has 0 aromatic carbocycles. The molecule has 2 aliphatic rings. The van der Waals surface area contributed by atoms with E-state index in [-0.39, 0.29) is 23.7 Å². The molecule has 2 saturated carbocycles. The molecule has 0 saturated heterocycles. The highest BCUT2D eigenvalue weighted by atomic mass is 35.5. The molecule has 6 aromatic rings. The van der Waals surface area contributed by atoms with E-state index in [1.165, 1.54) is 12.4 Å². The number of aromatic amines is 2. The number of nitrogens with zero attached hydrogens (tertiary/aromatic N) is 6. The van der Waals surface area contributed by atoms with E-state index in [4.69, 9.17) is 28.3 Å². The van der Waals surface area contributed by atoms with Gasteiger partial charge >= 0.3 is 11.9 Å². The number of carbonyl (C=O) groups is 2. The second kappa shape index (κ2) is 15.2. The summed E-state index contributed by atoms with van der Waals surface area (Å²) in [6.07, 6.45) is 13.0. The average Bonchev–Trinajstić information content (AvgIpc) is 3.89. The molecule has 4 atom stereocenters. The van der Waals surface area contributed by atoms with Gasteiger partial charge in [0, 0.05) is 58.8 Å². The van der Waals surface area contributed by atoms with E-state index < -0.39 is 35.4 Å². The Morgan fingerprint density at radius 3 is 1.62 bits per heavy atom. The molecule has 6 N–H and O–H groups in total. The zero-order chi connectivity index (χ0) is 37.2. The lowest BCUT2D eigenvalue weighted by atomic mass is 9.86. The molecule has 2 aliphatic carbocycles. The van der Waals surface area contributed by atoms with E-state index >= 15 is 0 Å². The van der Waals surface area contributed by atoms with Gasteiger partial charge in [-0.05, 0) is 50.7 Å². The van der Waals surface area contributed by atoms with Gasteiger partial charge in [0.1, 0.15) is 11.3 Å². The van der Waals surface area contributed by atoms with Crippen LogP contribution in [0.1, 0.15) is 44.9 Å². The number of anilines is 2. The molecular weight excluding hydrogens is 733 g/mol. The Morgan fingerprint density at radius 2 is 1.15 bits per heavy atom. The minimum Gasteiger partial charge on any atom is -0.481 e. The molecule has 0 bridgehead atoms. The quantitative estimate of drug-likeness (QED) is 0.0900. The number of carboxylic acid groups (broad SMARTS) is 2. The number of pyridine rings is 2. The first kappa shape index (κ1) is 35.9. The Hall–Kier alpha value is -5.48.